The minimum atomic E-state index is -0.149. The van der Waals surface area contributed by atoms with Crippen molar-refractivity contribution in [2.24, 2.45) is 0 Å². The van der Waals surface area contributed by atoms with Crippen LogP contribution in [0.5, 0.6) is 5.75 Å². The summed E-state index contributed by atoms with van der Waals surface area (Å²) >= 11 is 0. The highest BCUT2D eigenvalue weighted by atomic mass is 16.5. The highest BCUT2D eigenvalue weighted by molar-refractivity contribution is 5.89. The maximum Gasteiger partial charge on any atom is 0.319 e. The molecule has 0 heterocycles. The second-order valence-corrected chi connectivity index (χ2v) is 4.88. The first kappa shape index (κ1) is 16.3. The van der Waals surface area contributed by atoms with Crippen LogP contribution in [0, 0.1) is 0 Å². The Morgan fingerprint density at radius 2 is 1.70 bits per heavy atom. The third-order valence-electron chi connectivity index (χ3n) is 3.16. The molecule has 112 valence electrons. The van der Waals surface area contributed by atoms with E-state index < -0.39 is 0 Å². The zero-order chi connectivity index (χ0) is 14.6. The summed E-state index contributed by atoms with van der Waals surface area (Å²) in [6.07, 6.45) is 7.36. The van der Waals surface area contributed by atoms with Crippen molar-refractivity contribution in [1.29, 1.82) is 0 Å². The monoisotopic (exact) mass is 278 g/mol. The normalized spacial score (nSPS) is 10.1. The molecule has 0 radical (unpaired) electrons. The number of rotatable bonds is 9. The number of anilines is 1. The Labute approximate surface area is 121 Å². The number of unbranched alkanes of at least 4 members (excludes halogenated alkanes) is 5. The van der Waals surface area contributed by atoms with Crippen molar-refractivity contribution in [1.82, 2.24) is 5.32 Å². The van der Waals surface area contributed by atoms with Crippen LogP contribution in [0.1, 0.15) is 45.4 Å². The molecule has 0 saturated carbocycles. The molecule has 2 amide bonds. The molecule has 0 aliphatic rings. The summed E-state index contributed by atoms with van der Waals surface area (Å²) in [6, 6.07) is 7.14. The minimum Gasteiger partial charge on any atom is -0.497 e. The van der Waals surface area contributed by atoms with Crippen LogP contribution < -0.4 is 15.4 Å². The molecule has 20 heavy (non-hydrogen) atoms. The van der Waals surface area contributed by atoms with Gasteiger partial charge >= 0.3 is 6.03 Å². The molecular weight excluding hydrogens is 252 g/mol. The lowest BCUT2D eigenvalue weighted by molar-refractivity contribution is 0.252. The Morgan fingerprint density at radius 1 is 1.05 bits per heavy atom. The van der Waals surface area contributed by atoms with Gasteiger partial charge in [-0.25, -0.2) is 4.79 Å². The lowest BCUT2D eigenvalue weighted by Gasteiger charge is -2.08. The van der Waals surface area contributed by atoms with Gasteiger partial charge in [0.05, 0.1) is 7.11 Å². The zero-order valence-corrected chi connectivity index (χ0v) is 12.6. The lowest BCUT2D eigenvalue weighted by atomic mass is 10.1. The van der Waals surface area contributed by atoms with Gasteiger partial charge in [-0.3, -0.25) is 0 Å². The van der Waals surface area contributed by atoms with Crippen LogP contribution in [0.15, 0.2) is 24.3 Å². The van der Waals surface area contributed by atoms with Gasteiger partial charge in [0.15, 0.2) is 0 Å². The van der Waals surface area contributed by atoms with E-state index in [4.69, 9.17) is 4.74 Å². The molecule has 0 aromatic heterocycles. The third kappa shape index (κ3) is 7.02. The predicted octanol–water partition coefficient (Wildman–Crippen LogP) is 4.18. The van der Waals surface area contributed by atoms with Crippen LogP contribution in [0.3, 0.4) is 0 Å². The second-order valence-electron chi connectivity index (χ2n) is 4.88. The SMILES string of the molecule is CCCCCCCCNC(=O)Nc1ccc(OC)cc1. The van der Waals surface area contributed by atoms with Crippen LogP contribution in [0.4, 0.5) is 10.5 Å². The Hall–Kier alpha value is -1.71. The Morgan fingerprint density at radius 3 is 2.35 bits per heavy atom. The minimum absolute atomic E-state index is 0.149. The third-order valence-corrected chi connectivity index (χ3v) is 3.16. The number of urea groups is 1. The first-order valence-corrected chi connectivity index (χ1v) is 7.45. The van der Waals surface area contributed by atoms with E-state index >= 15 is 0 Å². The van der Waals surface area contributed by atoms with Crippen molar-refractivity contribution in [3.8, 4) is 5.75 Å². The van der Waals surface area contributed by atoms with Gasteiger partial charge in [0.2, 0.25) is 0 Å². The summed E-state index contributed by atoms with van der Waals surface area (Å²) in [6.45, 7) is 2.94. The number of carbonyl (C=O) groups is 1. The van der Waals surface area contributed by atoms with Crippen molar-refractivity contribution >= 4 is 11.7 Å². The molecule has 1 aromatic carbocycles. The van der Waals surface area contributed by atoms with Gasteiger partial charge in [-0.1, -0.05) is 39.0 Å². The fourth-order valence-electron chi connectivity index (χ4n) is 1.96. The second kappa shape index (κ2) is 10.1. The van der Waals surface area contributed by atoms with Gasteiger partial charge in [-0.15, -0.1) is 0 Å². The quantitative estimate of drug-likeness (QED) is 0.666. The van der Waals surface area contributed by atoms with Gasteiger partial charge in [0.1, 0.15) is 5.75 Å². The van der Waals surface area contributed by atoms with Gasteiger partial charge in [-0.2, -0.15) is 0 Å². The maximum absolute atomic E-state index is 11.6. The van der Waals surface area contributed by atoms with E-state index in [9.17, 15) is 4.79 Å². The number of carbonyl (C=O) groups excluding carboxylic acids is 1. The smallest absolute Gasteiger partial charge is 0.319 e. The van der Waals surface area contributed by atoms with Gasteiger partial charge in [-0.05, 0) is 30.7 Å². The molecule has 0 aliphatic carbocycles. The van der Waals surface area contributed by atoms with Gasteiger partial charge < -0.3 is 15.4 Å². The number of hydrogen-bond donors (Lipinski definition) is 2. The molecule has 0 saturated heterocycles. The number of methoxy groups -OCH3 is 1. The first-order chi connectivity index (χ1) is 9.76. The summed E-state index contributed by atoms with van der Waals surface area (Å²) < 4.78 is 5.07. The van der Waals surface area contributed by atoms with Gasteiger partial charge in [0, 0.05) is 12.2 Å². The van der Waals surface area contributed by atoms with E-state index in [-0.39, 0.29) is 6.03 Å². The molecule has 0 unspecified atom stereocenters. The van der Waals surface area contributed by atoms with E-state index in [0.717, 1.165) is 24.4 Å². The summed E-state index contributed by atoms with van der Waals surface area (Å²) in [5.74, 6) is 0.781. The van der Waals surface area contributed by atoms with E-state index in [1.165, 1.54) is 32.1 Å². The molecule has 0 bridgehead atoms. The predicted molar refractivity (Wildman–Crippen MR) is 83.4 cm³/mol. The molecule has 1 rings (SSSR count). The Kier molecular flexibility index (Phi) is 8.27. The highest BCUT2D eigenvalue weighted by Gasteiger charge is 2.01. The molecule has 0 fully saturated rings. The van der Waals surface area contributed by atoms with Crippen LogP contribution >= 0.6 is 0 Å². The zero-order valence-electron chi connectivity index (χ0n) is 12.6. The number of ether oxygens (including phenoxy) is 1. The summed E-state index contributed by atoms with van der Waals surface area (Å²) in [4.78, 5) is 11.6. The summed E-state index contributed by atoms with van der Waals surface area (Å²) in [7, 11) is 1.62. The van der Waals surface area contributed by atoms with Crippen molar-refractivity contribution in [3.63, 3.8) is 0 Å². The van der Waals surface area contributed by atoms with Crippen LogP contribution in [-0.2, 0) is 0 Å². The fraction of sp³-hybridized carbons (Fsp3) is 0.562. The molecule has 2 N–H and O–H groups in total. The average molecular weight is 278 g/mol. The fourth-order valence-corrected chi connectivity index (χ4v) is 1.96. The van der Waals surface area contributed by atoms with E-state index in [0.29, 0.717) is 0 Å². The number of benzene rings is 1. The molecule has 0 aliphatic heterocycles. The number of amides is 2. The molecule has 4 heteroatoms. The van der Waals surface area contributed by atoms with E-state index in [1.54, 1.807) is 7.11 Å². The highest BCUT2D eigenvalue weighted by Crippen LogP contribution is 2.14. The number of hydrogen-bond acceptors (Lipinski definition) is 2. The maximum atomic E-state index is 11.6. The van der Waals surface area contributed by atoms with E-state index in [2.05, 4.69) is 17.6 Å². The largest absolute Gasteiger partial charge is 0.497 e. The summed E-state index contributed by atoms with van der Waals surface area (Å²) in [5.41, 5.74) is 0.770. The molecular formula is C16H26N2O2. The first-order valence-electron chi connectivity index (χ1n) is 7.45. The number of nitrogens with one attached hydrogen (secondary N) is 2. The standard InChI is InChI=1S/C16H26N2O2/c1-3-4-5-6-7-8-13-17-16(19)18-14-9-11-15(20-2)12-10-14/h9-12H,3-8,13H2,1-2H3,(H2,17,18,19). The van der Waals surface area contributed by atoms with Gasteiger partial charge in [0.25, 0.3) is 0 Å². The molecule has 0 atom stereocenters. The molecule has 1 aromatic rings. The average Bonchev–Trinajstić information content (AvgIpc) is 2.47. The van der Waals surface area contributed by atoms with Crippen molar-refractivity contribution in [2.45, 2.75) is 45.4 Å². The van der Waals surface area contributed by atoms with Crippen LogP contribution in [-0.4, -0.2) is 19.7 Å². The molecule has 0 spiro atoms. The van der Waals surface area contributed by atoms with Crippen LogP contribution in [0.25, 0.3) is 0 Å². The Balaban J connectivity index is 2.10. The summed E-state index contributed by atoms with van der Waals surface area (Å²) in [5, 5.41) is 5.67. The van der Waals surface area contributed by atoms with Crippen molar-refractivity contribution in [3.05, 3.63) is 24.3 Å². The Bertz CT molecular complexity index is 377. The lowest BCUT2D eigenvalue weighted by Crippen LogP contribution is -2.29. The topological polar surface area (TPSA) is 50.4 Å². The van der Waals surface area contributed by atoms with Crippen LogP contribution in [0.2, 0.25) is 0 Å². The molecule has 4 nitrogen and oxygen atoms in total. The van der Waals surface area contributed by atoms with Crippen molar-refractivity contribution < 1.29 is 9.53 Å². The van der Waals surface area contributed by atoms with E-state index in [1.807, 2.05) is 24.3 Å². The van der Waals surface area contributed by atoms with Crippen molar-refractivity contribution in [2.75, 3.05) is 19.0 Å².